The van der Waals surface area contributed by atoms with Gasteiger partial charge in [0.1, 0.15) is 5.82 Å². The summed E-state index contributed by atoms with van der Waals surface area (Å²) in [5.41, 5.74) is -1.05. The molecule has 0 amide bonds. The molecule has 118 valence electrons. The fourth-order valence-corrected chi connectivity index (χ4v) is 2.15. The number of carbonyl (C=O) groups is 2. The topological polar surface area (TPSA) is 83.8 Å². The van der Waals surface area contributed by atoms with Crippen molar-refractivity contribution in [1.82, 2.24) is 0 Å². The zero-order valence-electron chi connectivity index (χ0n) is 11.9. The molecule has 0 aliphatic rings. The minimum absolute atomic E-state index is 0.121. The first-order valence-corrected chi connectivity index (χ1v) is 6.81. The molecule has 23 heavy (non-hydrogen) atoms. The highest BCUT2D eigenvalue weighted by molar-refractivity contribution is 6.58. The van der Waals surface area contributed by atoms with Gasteiger partial charge < -0.3 is 14.8 Å². The van der Waals surface area contributed by atoms with Gasteiger partial charge in [-0.05, 0) is 41.9 Å². The average molecular weight is 337 g/mol. The smallest absolute Gasteiger partial charge is 0.465 e. The minimum Gasteiger partial charge on any atom is -0.465 e. The average Bonchev–Trinajstić information content (AvgIpc) is 2.53. The lowest BCUT2D eigenvalue weighted by atomic mass is 9.78. The van der Waals surface area contributed by atoms with E-state index in [2.05, 4.69) is 4.74 Å². The molecule has 0 heterocycles. The predicted molar refractivity (Wildman–Crippen MR) is 82.4 cm³/mol. The lowest BCUT2D eigenvalue weighted by molar-refractivity contribution is 0.0597. The molecule has 2 aromatic carbocycles. The van der Waals surface area contributed by atoms with Crippen LogP contribution in [0.5, 0.6) is 0 Å². The molecule has 0 radical (unpaired) electrons. The SMILES string of the molecule is COC(=O)c1cc(B(O)O)cc(F)c1C(=O)c1ccc(Cl)cc1. The first-order valence-electron chi connectivity index (χ1n) is 6.43. The molecule has 2 aromatic rings. The lowest BCUT2D eigenvalue weighted by Gasteiger charge is -2.11. The molecule has 0 atom stereocenters. The lowest BCUT2D eigenvalue weighted by Crippen LogP contribution is -2.32. The molecule has 5 nitrogen and oxygen atoms in total. The fraction of sp³-hybridized carbons (Fsp3) is 0.0667. The van der Waals surface area contributed by atoms with Gasteiger partial charge in [-0.15, -0.1) is 0 Å². The van der Waals surface area contributed by atoms with Gasteiger partial charge in [0.15, 0.2) is 5.78 Å². The highest BCUT2D eigenvalue weighted by atomic mass is 35.5. The number of benzene rings is 2. The summed E-state index contributed by atoms with van der Waals surface area (Å²) in [5, 5.41) is 18.7. The number of hydrogen-bond donors (Lipinski definition) is 2. The van der Waals surface area contributed by atoms with Crippen molar-refractivity contribution in [1.29, 1.82) is 0 Å². The van der Waals surface area contributed by atoms with Gasteiger partial charge in [0, 0.05) is 10.6 Å². The van der Waals surface area contributed by atoms with E-state index in [9.17, 15) is 14.0 Å². The van der Waals surface area contributed by atoms with Gasteiger partial charge in [-0.25, -0.2) is 9.18 Å². The Bertz CT molecular complexity index is 761. The number of esters is 1. The predicted octanol–water partition coefficient (Wildman–Crippen LogP) is 1.18. The first kappa shape index (κ1) is 17.1. The van der Waals surface area contributed by atoms with E-state index < -0.39 is 35.8 Å². The van der Waals surface area contributed by atoms with Gasteiger partial charge in [-0.1, -0.05) is 11.6 Å². The van der Waals surface area contributed by atoms with Crippen LogP contribution in [0.1, 0.15) is 26.3 Å². The normalized spacial score (nSPS) is 10.3. The molecule has 2 N–H and O–H groups in total. The Hall–Kier alpha value is -2.22. The molecule has 0 unspecified atom stereocenters. The minimum atomic E-state index is -1.99. The van der Waals surface area contributed by atoms with Gasteiger partial charge in [0.05, 0.1) is 18.2 Å². The number of ether oxygens (including phenoxy) is 1. The van der Waals surface area contributed by atoms with Crippen LogP contribution in [0.2, 0.25) is 5.02 Å². The maximum absolute atomic E-state index is 14.3. The summed E-state index contributed by atoms with van der Waals surface area (Å²) in [6, 6.07) is 7.47. The number of carbonyl (C=O) groups excluding carboxylic acids is 2. The highest BCUT2D eigenvalue weighted by Gasteiger charge is 2.26. The summed E-state index contributed by atoms with van der Waals surface area (Å²) < 4.78 is 18.8. The Morgan fingerprint density at radius 1 is 1.17 bits per heavy atom. The molecule has 8 heteroatoms. The summed E-state index contributed by atoms with van der Waals surface area (Å²) in [7, 11) is -0.925. The number of methoxy groups -OCH3 is 1. The number of ketones is 1. The van der Waals surface area contributed by atoms with Crippen LogP contribution in [0.4, 0.5) is 4.39 Å². The maximum atomic E-state index is 14.3. The van der Waals surface area contributed by atoms with Crippen LogP contribution < -0.4 is 5.46 Å². The van der Waals surface area contributed by atoms with Crippen LogP contribution in [0.3, 0.4) is 0 Å². The molecule has 0 aromatic heterocycles. The number of rotatable bonds is 4. The van der Waals surface area contributed by atoms with Crippen molar-refractivity contribution >= 4 is 35.9 Å². The molecule has 0 saturated heterocycles. The summed E-state index contributed by atoms with van der Waals surface area (Å²) in [4.78, 5) is 24.3. The van der Waals surface area contributed by atoms with Crippen LogP contribution in [0.15, 0.2) is 36.4 Å². The summed E-state index contributed by atoms with van der Waals surface area (Å²) in [6.45, 7) is 0. The summed E-state index contributed by atoms with van der Waals surface area (Å²) >= 11 is 5.74. The summed E-state index contributed by atoms with van der Waals surface area (Å²) in [6.07, 6.45) is 0. The van der Waals surface area contributed by atoms with Gasteiger partial charge >= 0.3 is 13.1 Å². The van der Waals surface area contributed by atoms with Crippen molar-refractivity contribution in [2.24, 2.45) is 0 Å². The van der Waals surface area contributed by atoms with Crippen LogP contribution >= 0.6 is 11.6 Å². The van der Waals surface area contributed by atoms with Gasteiger partial charge in [0.25, 0.3) is 0 Å². The molecule has 0 fully saturated rings. The van der Waals surface area contributed by atoms with Gasteiger partial charge in [-0.2, -0.15) is 0 Å². The van der Waals surface area contributed by atoms with E-state index in [1.807, 2.05) is 0 Å². The molecule has 0 aliphatic carbocycles. The molecule has 0 saturated carbocycles. The standard InChI is InChI=1S/C15H11BClFO5/c1-23-15(20)11-6-9(16(21)22)7-12(18)13(11)14(19)8-2-4-10(17)5-3-8/h2-7,21-22H,1H3. The molecule has 2 rings (SSSR count). The van der Waals surface area contributed by atoms with Crippen molar-refractivity contribution in [2.75, 3.05) is 7.11 Å². The van der Waals surface area contributed by atoms with Crippen LogP contribution in [0, 0.1) is 5.82 Å². The van der Waals surface area contributed by atoms with Crippen molar-refractivity contribution in [3.63, 3.8) is 0 Å². The largest absolute Gasteiger partial charge is 0.488 e. The monoisotopic (exact) mass is 336 g/mol. The van der Waals surface area contributed by atoms with Crippen molar-refractivity contribution in [3.8, 4) is 0 Å². The number of hydrogen-bond acceptors (Lipinski definition) is 5. The Labute approximate surface area is 136 Å². The van der Waals surface area contributed by atoms with Gasteiger partial charge in [0.2, 0.25) is 0 Å². The molecular formula is C15H11BClFO5. The quantitative estimate of drug-likeness (QED) is 0.497. The van der Waals surface area contributed by atoms with E-state index in [1.54, 1.807) is 0 Å². The Kier molecular flexibility index (Phi) is 5.15. The third kappa shape index (κ3) is 3.58. The van der Waals surface area contributed by atoms with E-state index in [-0.39, 0.29) is 11.0 Å². The Balaban J connectivity index is 2.62. The van der Waals surface area contributed by atoms with Crippen LogP contribution in [-0.4, -0.2) is 36.0 Å². The van der Waals surface area contributed by atoms with E-state index in [0.717, 1.165) is 19.2 Å². The second kappa shape index (κ2) is 6.91. The third-order valence-corrected chi connectivity index (χ3v) is 3.40. The van der Waals surface area contributed by atoms with Gasteiger partial charge in [-0.3, -0.25) is 4.79 Å². The molecule has 0 aliphatic heterocycles. The van der Waals surface area contributed by atoms with Crippen molar-refractivity contribution < 1.29 is 28.8 Å². The van der Waals surface area contributed by atoms with Crippen molar-refractivity contribution in [2.45, 2.75) is 0 Å². The van der Waals surface area contributed by atoms with E-state index in [4.69, 9.17) is 21.6 Å². The second-order valence-corrected chi connectivity index (χ2v) is 5.06. The van der Waals surface area contributed by atoms with Crippen LogP contribution in [-0.2, 0) is 4.74 Å². The van der Waals surface area contributed by atoms with Crippen molar-refractivity contribution in [3.05, 3.63) is 63.9 Å². The van der Waals surface area contributed by atoms with Crippen LogP contribution in [0.25, 0.3) is 0 Å². The molecule has 0 bridgehead atoms. The van der Waals surface area contributed by atoms with E-state index in [1.165, 1.54) is 24.3 Å². The fourth-order valence-electron chi connectivity index (χ4n) is 2.02. The molecule has 0 spiro atoms. The second-order valence-electron chi connectivity index (χ2n) is 4.63. The maximum Gasteiger partial charge on any atom is 0.488 e. The number of halogens is 2. The Morgan fingerprint density at radius 3 is 2.30 bits per heavy atom. The Morgan fingerprint density at radius 2 is 1.78 bits per heavy atom. The first-order chi connectivity index (χ1) is 10.8. The molecular weight excluding hydrogens is 325 g/mol. The highest BCUT2D eigenvalue weighted by Crippen LogP contribution is 2.20. The van der Waals surface area contributed by atoms with E-state index in [0.29, 0.717) is 5.02 Å². The zero-order chi connectivity index (χ0) is 17.1. The zero-order valence-corrected chi connectivity index (χ0v) is 12.7. The summed E-state index contributed by atoms with van der Waals surface area (Å²) in [5.74, 6) is -2.78. The third-order valence-electron chi connectivity index (χ3n) is 3.15. The van der Waals surface area contributed by atoms with E-state index >= 15 is 0 Å².